The molecule has 0 bridgehead atoms. The van der Waals surface area contributed by atoms with Crippen LogP contribution in [0.1, 0.15) is 96.0 Å². The Balaban J connectivity index is 1.01. The first-order valence-electron chi connectivity index (χ1n) is 14.6. The second kappa shape index (κ2) is 8.08. The smallest absolute Gasteiger partial charge is 0.104 e. The summed E-state index contributed by atoms with van der Waals surface area (Å²) in [7, 11) is 0. The van der Waals surface area contributed by atoms with Gasteiger partial charge in [-0.1, -0.05) is 13.8 Å². The Kier molecular flexibility index (Phi) is 5.32. The van der Waals surface area contributed by atoms with E-state index in [9.17, 15) is 0 Å². The van der Waals surface area contributed by atoms with Crippen molar-refractivity contribution < 1.29 is 13.9 Å². The largest absolute Gasteiger partial charge is 0.472 e. The van der Waals surface area contributed by atoms with Gasteiger partial charge in [-0.2, -0.15) is 0 Å². The Labute approximate surface area is 206 Å². The van der Waals surface area contributed by atoms with Gasteiger partial charge in [0.15, 0.2) is 0 Å². The highest BCUT2D eigenvalue weighted by molar-refractivity contribution is 5.35. The first kappa shape index (κ1) is 22.4. The molecule has 6 fully saturated rings. The molecule has 2 aliphatic heterocycles. The Morgan fingerprint density at radius 1 is 1.03 bits per heavy atom. The highest BCUT2D eigenvalue weighted by atomic mass is 16.6. The SMILES string of the molecule is C[C@]12CC[C@H](OCCCN3CCCC3)C[C@@H]1CC[C@@H]1[C@@H]2CC[C@]2(C)[C@@H](c3ccoc3)C[C@H]3O[C@]132. The molecule has 0 aromatic carbocycles. The summed E-state index contributed by atoms with van der Waals surface area (Å²) in [6.45, 7) is 10.0. The number of likely N-dealkylation sites (tertiary alicyclic amines) is 1. The number of rotatable bonds is 6. The second-order valence-corrected chi connectivity index (χ2v) is 13.4. The molecule has 2 saturated heterocycles. The number of nitrogens with zero attached hydrogens (tertiary/aromatic N) is 1. The van der Waals surface area contributed by atoms with Crippen molar-refractivity contribution in [3.63, 3.8) is 0 Å². The highest BCUT2D eigenvalue weighted by Gasteiger charge is 2.80. The van der Waals surface area contributed by atoms with Crippen molar-refractivity contribution in [2.45, 2.75) is 108 Å². The summed E-state index contributed by atoms with van der Waals surface area (Å²) < 4.78 is 18.7. The molecular formula is C30H45NO3. The highest BCUT2D eigenvalue weighted by Crippen LogP contribution is 2.78. The molecule has 0 radical (unpaired) electrons. The van der Waals surface area contributed by atoms with Gasteiger partial charge in [0.25, 0.3) is 0 Å². The molecule has 9 atom stereocenters. The van der Waals surface area contributed by atoms with E-state index in [1.807, 2.05) is 12.5 Å². The van der Waals surface area contributed by atoms with Gasteiger partial charge in [-0.15, -0.1) is 0 Å². The predicted molar refractivity (Wildman–Crippen MR) is 133 cm³/mol. The molecular weight excluding hydrogens is 422 g/mol. The van der Waals surface area contributed by atoms with Crippen molar-refractivity contribution in [3.05, 3.63) is 24.2 Å². The van der Waals surface area contributed by atoms with Crippen molar-refractivity contribution in [1.82, 2.24) is 4.90 Å². The summed E-state index contributed by atoms with van der Waals surface area (Å²) in [5.74, 6) is 3.05. The molecule has 0 amide bonds. The maximum Gasteiger partial charge on any atom is 0.104 e. The summed E-state index contributed by atoms with van der Waals surface area (Å²) in [6, 6.07) is 2.21. The van der Waals surface area contributed by atoms with E-state index < -0.39 is 0 Å². The molecule has 1 aromatic heterocycles. The van der Waals surface area contributed by atoms with Crippen LogP contribution in [0.4, 0.5) is 0 Å². The van der Waals surface area contributed by atoms with Crippen molar-refractivity contribution in [1.29, 1.82) is 0 Å². The Hall–Kier alpha value is -0.840. The van der Waals surface area contributed by atoms with Gasteiger partial charge in [0.2, 0.25) is 0 Å². The van der Waals surface area contributed by atoms with Gasteiger partial charge >= 0.3 is 0 Å². The molecule has 0 unspecified atom stereocenters. The quantitative estimate of drug-likeness (QED) is 0.358. The molecule has 7 rings (SSSR count). The fraction of sp³-hybridized carbons (Fsp3) is 0.867. The minimum absolute atomic E-state index is 0.148. The summed E-state index contributed by atoms with van der Waals surface area (Å²) in [5, 5.41) is 0. The van der Waals surface area contributed by atoms with E-state index in [4.69, 9.17) is 13.9 Å². The fourth-order valence-corrected chi connectivity index (χ4v) is 10.3. The number of fused-ring (bicyclic) bond motifs is 3. The molecule has 4 saturated carbocycles. The van der Waals surface area contributed by atoms with Gasteiger partial charge in [-0.05, 0) is 124 Å². The first-order chi connectivity index (χ1) is 16.5. The van der Waals surface area contributed by atoms with Crippen LogP contribution in [0.5, 0.6) is 0 Å². The molecule has 4 heteroatoms. The third-order valence-corrected chi connectivity index (χ3v) is 12.2. The van der Waals surface area contributed by atoms with Crippen LogP contribution in [0, 0.1) is 28.6 Å². The third-order valence-electron chi connectivity index (χ3n) is 12.2. The minimum atomic E-state index is 0.148. The molecule has 34 heavy (non-hydrogen) atoms. The van der Waals surface area contributed by atoms with Gasteiger partial charge < -0.3 is 18.8 Å². The molecule has 4 aliphatic carbocycles. The minimum Gasteiger partial charge on any atom is -0.472 e. The van der Waals surface area contributed by atoms with E-state index in [1.165, 1.54) is 95.8 Å². The molecule has 6 aliphatic rings. The summed E-state index contributed by atoms with van der Waals surface area (Å²) >= 11 is 0. The van der Waals surface area contributed by atoms with Gasteiger partial charge in [-0.25, -0.2) is 0 Å². The summed E-state index contributed by atoms with van der Waals surface area (Å²) in [5.41, 5.74) is 2.33. The van der Waals surface area contributed by atoms with Crippen molar-refractivity contribution in [3.8, 4) is 0 Å². The standard InChI is InChI=1S/C30H45NO3/c1-28-11-8-23(33-16-5-15-31-13-3-4-14-31)18-22(28)6-7-25-24(28)9-12-29(2)26(21-10-17-32-20-21)19-27-30(25,29)34-27/h10,17,20,22-27H,3-9,11-16,18-19H2,1-2H3/t22-,23-,24-,25+,26+,27+,28-,29+,30+/m0/s1. The maximum atomic E-state index is 6.74. The van der Waals surface area contributed by atoms with E-state index >= 15 is 0 Å². The van der Waals surface area contributed by atoms with Gasteiger partial charge in [-0.3, -0.25) is 0 Å². The van der Waals surface area contributed by atoms with Crippen LogP contribution in [-0.4, -0.2) is 49.0 Å². The van der Waals surface area contributed by atoms with Gasteiger partial charge in [0, 0.05) is 18.6 Å². The summed E-state index contributed by atoms with van der Waals surface area (Å²) in [4.78, 5) is 2.62. The van der Waals surface area contributed by atoms with Crippen LogP contribution in [0.3, 0.4) is 0 Å². The fourth-order valence-electron chi connectivity index (χ4n) is 10.3. The van der Waals surface area contributed by atoms with Gasteiger partial charge in [0.1, 0.15) is 5.60 Å². The lowest BCUT2D eigenvalue weighted by Crippen LogP contribution is -2.58. The monoisotopic (exact) mass is 467 g/mol. The van der Waals surface area contributed by atoms with Crippen molar-refractivity contribution in [2.75, 3.05) is 26.2 Å². The normalized spacial score (nSPS) is 49.8. The lowest BCUT2D eigenvalue weighted by molar-refractivity contribution is -0.145. The Bertz CT molecular complexity index is 880. The molecule has 0 N–H and O–H groups in total. The maximum absolute atomic E-state index is 6.74. The van der Waals surface area contributed by atoms with E-state index in [2.05, 4.69) is 24.8 Å². The van der Waals surface area contributed by atoms with E-state index in [1.54, 1.807) is 0 Å². The van der Waals surface area contributed by atoms with Crippen LogP contribution < -0.4 is 0 Å². The number of ether oxygens (including phenoxy) is 2. The second-order valence-electron chi connectivity index (χ2n) is 13.4. The number of hydrogen-bond acceptors (Lipinski definition) is 4. The van der Waals surface area contributed by atoms with Crippen molar-refractivity contribution >= 4 is 0 Å². The lowest BCUT2D eigenvalue weighted by Gasteiger charge is -2.61. The van der Waals surface area contributed by atoms with Crippen LogP contribution >= 0.6 is 0 Å². The van der Waals surface area contributed by atoms with Gasteiger partial charge in [0.05, 0.1) is 24.7 Å². The number of hydrogen-bond donors (Lipinski definition) is 0. The zero-order valence-corrected chi connectivity index (χ0v) is 21.5. The Morgan fingerprint density at radius 3 is 2.74 bits per heavy atom. The Morgan fingerprint density at radius 2 is 1.91 bits per heavy atom. The third kappa shape index (κ3) is 3.13. The van der Waals surface area contributed by atoms with E-state index in [0.29, 0.717) is 23.5 Å². The van der Waals surface area contributed by atoms with Crippen LogP contribution in [0.25, 0.3) is 0 Å². The predicted octanol–water partition coefficient (Wildman–Crippen LogP) is 6.41. The van der Waals surface area contributed by atoms with Crippen LogP contribution in [0.15, 0.2) is 23.0 Å². The average Bonchev–Trinajstić information content (AvgIpc) is 3.26. The molecule has 1 aromatic rings. The summed E-state index contributed by atoms with van der Waals surface area (Å²) in [6.07, 6.45) is 19.4. The number of epoxide rings is 1. The van der Waals surface area contributed by atoms with E-state index in [-0.39, 0.29) is 11.0 Å². The number of furan rings is 1. The zero-order valence-electron chi connectivity index (χ0n) is 21.5. The lowest BCUT2D eigenvalue weighted by atomic mass is 9.44. The van der Waals surface area contributed by atoms with Crippen molar-refractivity contribution in [2.24, 2.45) is 28.6 Å². The van der Waals surface area contributed by atoms with Crippen LogP contribution in [0.2, 0.25) is 0 Å². The van der Waals surface area contributed by atoms with Crippen LogP contribution in [-0.2, 0) is 9.47 Å². The molecule has 4 nitrogen and oxygen atoms in total. The molecule has 188 valence electrons. The first-order valence-corrected chi connectivity index (χ1v) is 14.6. The zero-order chi connectivity index (χ0) is 23.0. The van der Waals surface area contributed by atoms with E-state index in [0.717, 1.165) is 24.4 Å². The topological polar surface area (TPSA) is 38.1 Å². The average molecular weight is 468 g/mol. The molecule has 3 heterocycles. The molecule has 1 spiro atoms.